The van der Waals surface area contributed by atoms with Gasteiger partial charge in [0, 0.05) is 26.2 Å². The first-order valence-corrected chi connectivity index (χ1v) is 10.6. The number of aliphatic hydroxyl groups excluding tert-OH is 1. The zero-order valence-electron chi connectivity index (χ0n) is 17.7. The molecule has 2 aliphatic heterocycles. The van der Waals surface area contributed by atoms with Crippen LogP contribution in [0.15, 0.2) is 35.9 Å². The first-order valence-electron chi connectivity index (χ1n) is 10.6. The Morgan fingerprint density at radius 1 is 1.17 bits per heavy atom. The first kappa shape index (κ1) is 21.8. The van der Waals surface area contributed by atoms with Crippen LogP contribution >= 0.6 is 0 Å². The third-order valence-corrected chi connectivity index (χ3v) is 5.88. The number of β-amino-alcohol motifs (C(OH)–C–C–N with tert-alkyl or cyclic N) is 1. The van der Waals surface area contributed by atoms with Gasteiger partial charge in [-0.1, -0.05) is 23.8 Å². The maximum Gasteiger partial charge on any atom is 0.308 e. The van der Waals surface area contributed by atoms with Gasteiger partial charge in [-0.25, -0.2) is 0 Å². The van der Waals surface area contributed by atoms with Crippen molar-refractivity contribution in [2.24, 2.45) is 5.92 Å². The molecule has 0 amide bonds. The van der Waals surface area contributed by atoms with Crippen LogP contribution in [0.25, 0.3) is 0 Å². The predicted molar refractivity (Wildman–Crippen MR) is 113 cm³/mol. The van der Waals surface area contributed by atoms with Crippen molar-refractivity contribution in [1.29, 1.82) is 0 Å². The molecule has 0 bridgehead atoms. The fourth-order valence-corrected chi connectivity index (χ4v) is 3.97. The molecular weight excluding hydrogens is 368 g/mol. The number of aliphatic hydroxyl groups is 1. The Labute approximate surface area is 174 Å². The number of nitrogens with zero attached hydrogens (tertiary/aromatic N) is 2. The van der Waals surface area contributed by atoms with Crippen molar-refractivity contribution >= 4 is 5.97 Å². The third kappa shape index (κ3) is 6.84. The summed E-state index contributed by atoms with van der Waals surface area (Å²) in [5, 5.41) is 10.3. The molecule has 6 nitrogen and oxygen atoms in total. The maximum atomic E-state index is 11.6. The minimum atomic E-state index is -0.548. The fourth-order valence-electron chi connectivity index (χ4n) is 3.97. The van der Waals surface area contributed by atoms with E-state index in [2.05, 4.69) is 34.9 Å². The van der Waals surface area contributed by atoms with E-state index in [1.807, 2.05) is 12.1 Å². The number of esters is 1. The molecule has 0 spiro atoms. The van der Waals surface area contributed by atoms with Gasteiger partial charge in [0.25, 0.3) is 0 Å². The number of rotatable bonds is 8. The lowest BCUT2D eigenvalue weighted by Crippen LogP contribution is -2.42. The van der Waals surface area contributed by atoms with E-state index in [1.54, 1.807) is 0 Å². The highest BCUT2D eigenvalue weighted by Gasteiger charge is 2.26. The van der Waals surface area contributed by atoms with Gasteiger partial charge in [0.1, 0.15) is 18.5 Å². The number of benzene rings is 1. The number of ether oxygens (including phenoxy) is 2. The molecule has 0 aliphatic carbocycles. The highest BCUT2D eigenvalue weighted by Crippen LogP contribution is 2.19. The number of likely N-dealkylation sites (tertiary alicyclic amines) is 1. The van der Waals surface area contributed by atoms with E-state index in [9.17, 15) is 9.90 Å². The van der Waals surface area contributed by atoms with E-state index in [0.29, 0.717) is 6.54 Å². The van der Waals surface area contributed by atoms with Gasteiger partial charge < -0.3 is 19.5 Å². The Hall–Kier alpha value is -1.89. The highest BCUT2D eigenvalue weighted by molar-refractivity contribution is 5.72. The topological polar surface area (TPSA) is 62.2 Å². The summed E-state index contributed by atoms with van der Waals surface area (Å²) in [6.45, 7) is 7.72. The molecule has 1 saturated heterocycles. The Kier molecular flexibility index (Phi) is 8.09. The Morgan fingerprint density at radius 2 is 1.90 bits per heavy atom. The quantitative estimate of drug-likeness (QED) is 0.532. The van der Waals surface area contributed by atoms with E-state index in [0.717, 1.165) is 57.7 Å². The van der Waals surface area contributed by atoms with Crippen LogP contribution in [0.2, 0.25) is 0 Å². The molecule has 1 fully saturated rings. The zero-order valence-corrected chi connectivity index (χ0v) is 17.7. The Morgan fingerprint density at radius 3 is 2.52 bits per heavy atom. The molecule has 3 rings (SSSR count). The largest absolute Gasteiger partial charge is 0.491 e. The molecule has 29 heavy (non-hydrogen) atoms. The zero-order chi connectivity index (χ0) is 20.6. The molecule has 1 aromatic rings. The molecule has 2 heterocycles. The van der Waals surface area contributed by atoms with Crippen LogP contribution in [0.4, 0.5) is 0 Å². The number of piperidine rings is 1. The van der Waals surface area contributed by atoms with Gasteiger partial charge in [0.05, 0.1) is 13.0 Å². The minimum absolute atomic E-state index is 0.00635. The summed E-state index contributed by atoms with van der Waals surface area (Å²) in [7, 11) is 1.44. The van der Waals surface area contributed by atoms with E-state index in [-0.39, 0.29) is 18.5 Å². The van der Waals surface area contributed by atoms with E-state index < -0.39 is 6.10 Å². The third-order valence-electron chi connectivity index (χ3n) is 5.88. The second-order valence-electron chi connectivity index (χ2n) is 8.24. The van der Waals surface area contributed by atoms with Crippen LogP contribution in [0.1, 0.15) is 31.7 Å². The number of methoxy groups -OCH3 is 1. The highest BCUT2D eigenvalue weighted by atomic mass is 16.5. The van der Waals surface area contributed by atoms with Crippen LogP contribution in [0.5, 0.6) is 5.75 Å². The van der Waals surface area contributed by atoms with E-state index in [4.69, 9.17) is 9.47 Å². The number of hydrogen-bond donors (Lipinski definition) is 1. The molecule has 1 aromatic carbocycles. The van der Waals surface area contributed by atoms with Gasteiger partial charge in [0.15, 0.2) is 0 Å². The van der Waals surface area contributed by atoms with Crippen molar-refractivity contribution in [3.05, 3.63) is 41.5 Å². The summed E-state index contributed by atoms with van der Waals surface area (Å²) in [5.41, 5.74) is 2.76. The monoisotopic (exact) mass is 402 g/mol. The molecule has 0 aromatic heterocycles. The molecule has 2 aliphatic rings. The molecule has 0 saturated carbocycles. The second-order valence-corrected chi connectivity index (χ2v) is 8.24. The van der Waals surface area contributed by atoms with Gasteiger partial charge in [-0.05, 0) is 57.0 Å². The number of carbonyl (C=O) groups excluding carboxylic acids is 1. The molecular formula is C23H34N2O4. The van der Waals surface area contributed by atoms with Gasteiger partial charge in [-0.15, -0.1) is 0 Å². The van der Waals surface area contributed by atoms with Gasteiger partial charge in [0.2, 0.25) is 0 Å². The van der Waals surface area contributed by atoms with E-state index >= 15 is 0 Å². The summed E-state index contributed by atoms with van der Waals surface area (Å²) in [6.07, 6.45) is 4.48. The summed E-state index contributed by atoms with van der Waals surface area (Å²) in [4.78, 5) is 16.2. The Bertz CT molecular complexity index is 681. The van der Waals surface area contributed by atoms with Crippen molar-refractivity contribution in [3.8, 4) is 5.75 Å². The second kappa shape index (κ2) is 10.8. The Balaban J connectivity index is 1.36. The number of carbonyl (C=O) groups is 1. The average Bonchev–Trinajstić information content (AvgIpc) is 2.75. The maximum absolute atomic E-state index is 11.6. The molecule has 1 unspecified atom stereocenters. The van der Waals surface area contributed by atoms with Crippen molar-refractivity contribution in [3.63, 3.8) is 0 Å². The fraction of sp³-hybridized carbons (Fsp3) is 0.609. The van der Waals surface area contributed by atoms with Crippen molar-refractivity contribution < 1.29 is 19.4 Å². The van der Waals surface area contributed by atoms with Crippen molar-refractivity contribution in [1.82, 2.24) is 9.80 Å². The average molecular weight is 403 g/mol. The number of hydrogen-bond acceptors (Lipinski definition) is 6. The summed E-state index contributed by atoms with van der Waals surface area (Å²) >= 11 is 0. The van der Waals surface area contributed by atoms with E-state index in [1.165, 1.54) is 18.2 Å². The minimum Gasteiger partial charge on any atom is -0.491 e. The molecule has 1 atom stereocenters. The van der Waals surface area contributed by atoms with Crippen LogP contribution < -0.4 is 4.74 Å². The van der Waals surface area contributed by atoms with Gasteiger partial charge in [-0.3, -0.25) is 9.69 Å². The SMILES string of the molecule is COC(=O)C1CCN(CC(O)COc2ccc(CN3CC=C(C)CC3)cc2)CC1. The van der Waals surface area contributed by atoms with Crippen LogP contribution in [-0.4, -0.2) is 73.4 Å². The summed E-state index contributed by atoms with van der Waals surface area (Å²) in [6, 6.07) is 8.17. The lowest BCUT2D eigenvalue weighted by atomic mass is 9.97. The van der Waals surface area contributed by atoms with Crippen molar-refractivity contribution in [2.45, 2.75) is 38.8 Å². The van der Waals surface area contributed by atoms with Gasteiger partial charge >= 0.3 is 5.97 Å². The normalized spacial score (nSPS) is 20.2. The lowest BCUT2D eigenvalue weighted by molar-refractivity contribution is -0.147. The van der Waals surface area contributed by atoms with Crippen LogP contribution in [0, 0.1) is 5.92 Å². The van der Waals surface area contributed by atoms with Gasteiger partial charge in [-0.2, -0.15) is 0 Å². The van der Waals surface area contributed by atoms with Crippen molar-refractivity contribution in [2.75, 3.05) is 46.4 Å². The predicted octanol–water partition coefficient (Wildman–Crippen LogP) is 2.46. The summed E-state index contributed by atoms with van der Waals surface area (Å²) in [5.74, 6) is 0.656. The molecule has 160 valence electrons. The first-order chi connectivity index (χ1) is 14.0. The standard InChI is InChI=1S/C23H34N2O4/c1-18-7-11-24(12-8-18)15-19-3-5-22(6-4-19)29-17-21(26)16-25-13-9-20(10-14-25)23(27)28-2/h3-7,20-21,26H,8-17H2,1-2H3. The van der Waals surface area contributed by atoms with Crippen LogP contribution in [-0.2, 0) is 16.1 Å². The smallest absolute Gasteiger partial charge is 0.308 e. The molecule has 6 heteroatoms. The lowest BCUT2D eigenvalue weighted by Gasteiger charge is -2.31. The van der Waals surface area contributed by atoms with Crippen LogP contribution in [0.3, 0.4) is 0 Å². The summed E-state index contributed by atoms with van der Waals surface area (Å²) < 4.78 is 10.6. The molecule has 1 N–H and O–H groups in total. The molecule has 0 radical (unpaired) electrons.